The van der Waals surface area contributed by atoms with Crippen LogP contribution in [0, 0.1) is 0 Å². The molecule has 1 aromatic carbocycles. The van der Waals surface area contributed by atoms with Crippen LogP contribution in [-0.2, 0) is 11.2 Å². The minimum absolute atomic E-state index is 0.0125. The van der Waals surface area contributed by atoms with Crippen molar-refractivity contribution in [3.05, 3.63) is 54.1 Å². The van der Waals surface area contributed by atoms with Crippen molar-refractivity contribution in [2.24, 2.45) is 0 Å². The topological polar surface area (TPSA) is 73.9 Å². The molecule has 2 N–H and O–H groups in total. The molecule has 128 valence electrons. The molecule has 1 unspecified atom stereocenters. The van der Waals surface area contributed by atoms with Gasteiger partial charge in [0.1, 0.15) is 5.82 Å². The Kier molecular flexibility index (Phi) is 4.09. The van der Waals surface area contributed by atoms with Crippen LogP contribution in [0.2, 0.25) is 0 Å². The zero-order valence-corrected chi connectivity index (χ0v) is 14.2. The normalized spacial score (nSPS) is 17.2. The molecule has 1 atom stereocenters. The van der Waals surface area contributed by atoms with Crippen LogP contribution in [0.4, 0.5) is 5.82 Å². The molecule has 1 aliphatic heterocycles. The van der Waals surface area contributed by atoms with Crippen LogP contribution in [0.25, 0.3) is 10.9 Å². The summed E-state index contributed by atoms with van der Waals surface area (Å²) in [4.78, 5) is 27.0. The Hall–Kier alpha value is -2.89. The molecule has 6 nitrogen and oxygen atoms in total. The fourth-order valence-electron chi connectivity index (χ4n) is 3.58. The summed E-state index contributed by atoms with van der Waals surface area (Å²) in [5.41, 5.74) is 2.97. The van der Waals surface area contributed by atoms with Gasteiger partial charge in [-0.05, 0) is 24.5 Å². The zero-order chi connectivity index (χ0) is 17.2. The number of aromatic nitrogens is 3. The third-order valence-electron chi connectivity index (χ3n) is 4.84. The highest BCUT2D eigenvalue weighted by atomic mass is 16.2. The summed E-state index contributed by atoms with van der Waals surface area (Å²) in [6.45, 7) is 0.775. The van der Waals surface area contributed by atoms with Gasteiger partial charge in [0.25, 0.3) is 0 Å². The average Bonchev–Trinajstić information content (AvgIpc) is 3.29. The highest BCUT2D eigenvalue weighted by Crippen LogP contribution is 2.32. The highest BCUT2D eigenvalue weighted by Gasteiger charge is 2.31. The number of amides is 1. The van der Waals surface area contributed by atoms with Gasteiger partial charge in [-0.25, -0.2) is 4.98 Å². The number of rotatable bonds is 4. The Morgan fingerprint density at radius 3 is 3.12 bits per heavy atom. The van der Waals surface area contributed by atoms with Gasteiger partial charge in [-0.15, -0.1) is 0 Å². The van der Waals surface area contributed by atoms with Crippen LogP contribution < -0.4 is 5.32 Å². The number of carbonyl (C=O) groups is 1. The molecule has 2 aromatic heterocycles. The maximum absolute atomic E-state index is 12.9. The quantitative estimate of drug-likeness (QED) is 0.769. The van der Waals surface area contributed by atoms with Crippen molar-refractivity contribution >= 4 is 22.6 Å². The van der Waals surface area contributed by atoms with E-state index < -0.39 is 0 Å². The first-order chi connectivity index (χ1) is 12.3. The Labute approximate surface area is 146 Å². The molecule has 0 radical (unpaired) electrons. The van der Waals surface area contributed by atoms with Crippen LogP contribution in [0.5, 0.6) is 0 Å². The standard InChI is InChI=1S/C19H21N5O/c1-20-18-12-21-11-16(23-18)17-7-4-8-24(17)19(25)9-13-10-22-15-6-3-2-5-14(13)15/h2-3,5-6,10-12,17,22H,4,7-9H2,1H3,(H,20,23). The second-order valence-corrected chi connectivity index (χ2v) is 6.36. The second kappa shape index (κ2) is 6.55. The number of likely N-dealkylation sites (tertiary alicyclic amines) is 1. The molecule has 3 heterocycles. The predicted octanol–water partition coefficient (Wildman–Crippen LogP) is 2.91. The predicted molar refractivity (Wildman–Crippen MR) is 97.3 cm³/mol. The van der Waals surface area contributed by atoms with Gasteiger partial charge in [-0.3, -0.25) is 9.78 Å². The smallest absolute Gasteiger partial charge is 0.227 e. The number of hydrogen-bond acceptors (Lipinski definition) is 4. The van der Waals surface area contributed by atoms with Crippen molar-refractivity contribution in [3.63, 3.8) is 0 Å². The van der Waals surface area contributed by atoms with E-state index in [1.165, 1.54) is 0 Å². The van der Waals surface area contributed by atoms with Crippen molar-refractivity contribution < 1.29 is 4.79 Å². The molecule has 1 aliphatic rings. The van der Waals surface area contributed by atoms with E-state index in [9.17, 15) is 4.79 Å². The number of carbonyl (C=O) groups excluding carboxylic acids is 1. The summed E-state index contributed by atoms with van der Waals surface area (Å²) in [7, 11) is 1.82. The first kappa shape index (κ1) is 15.6. The Balaban J connectivity index is 1.56. The molecule has 1 saturated heterocycles. The molecule has 4 rings (SSSR count). The molecule has 25 heavy (non-hydrogen) atoms. The van der Waals surface area contributed by atoms with Crippen molar-refractivity contribution in [3.8, 4) is 0 Å². The number of H-pyrrole nitrogens is 1. The van der Waals surface area contributed by atoms with Gasteiger partial charge in [0.05, 0.1) is 30.6 Å². The molecule has 0 saturated carbocycles. The van der Waals surface area contributed by atoms with E-state index in [1.54, 1.807) is 12.4 Å². The first-order valence-electron chi connectivity index (χ1n) is 8.60. The van der Waals surface area contributed by atoms with Crippen LogP contribution in [0.3, 0.4) is 0 Å². The van der Waals surface area contributed by atoms with E-state index in [0.717, 1.165) is 47.4 Å². The number of nitrogens with zero attached hydrogens (tertiary/aromatic N) is 3. The van der Waals surface area contributed by atoms with E-state index in [4.69, 9.17) is 0 Å². The SMILES string of the molecule is CNc1cncc(C2CCCN2C(=O)Cc2c[nH]c3ccccc23)n1. The van der Waals surface area contributed by atoms with E-state index in [2.05, 4.69) is 26.3 Å². The molecular weight excluding hydrogens is 314 g/mol. The number of para-hydroxylation sites is 1. The van der Waals surface area contributed by atoms with Gasteiger partial charge in [-0.1, -0.05) is 18.2 Å². The highest BCUT2D eigenvalue weighted by molar-refractivity contribution is 5.89. The molecule has 0 bridgehead atoms. The number of anilines is 1. The Morgan fingerprint density at radius 1 is 1.36 bits per heavy atom. The summed E-state index contributed by atoms with van der Waals surface area (Å²) in [6.07, 6.45) is 7.73. The minimum atomic E-state index is 0.0125. The number of hydrogen-bond donors (Lipinski definition) is 2. The number of benzene rings is 1. The summed E-state index contributed by atoms with van der Waals surface area (Å²) in [5, 5.41) is 4.12. The monoisotopic (exact) mass is 335 g/mol. The lowest BCUT2D eigenvalue weighted by atomic mass is 10.1. The van der Waals surface area contributed by atoms with Crippen LogP contribution >= 0.6 is 0 Å². The molecule has 0 spiro atoms. The van der Waals surface area contributed by atoms with Gasteiger partial charge in [0.2, 0.25) is 5.91 Å². The maximum atomic E-state index is 12.9. The Bertz CT molecular complexity index is 903. The third-order valence-corrected chi connectivity index (χ3v) is 4.84. The maximum Gasteiger partial charge on any atom is 0.227 e. The van der Waals surface area contributed by atoms with E-state index in [0.29, 0.717) is 6.42 Å². The van der Waals surface area contributed by atoms with Crippen molar-refractivity contribution in [2.75, 3.05) is 18.9 Å². The summed E-state index contributed by atoms with van der Waals surface area (Å²) in [5.74, 6) is 0.873. The van der Waals surface area contributed by atoms with Gasteiger partial charge < -0.3 is 15.2 Å². The summed E-state index contributed by atoms with van der Waals surface area (Å²) < 4.78 is 0. The van der Waals surface area contributed by atoms with Crippen LogP contribution in [0.15, 0.2) is 42.9 Å². The molecule has 1 amide bonds. The van der Waals surface area contributed by atoms with Gasteiger partial charge in [0.15, 0.2) is 0 Å². The van der Waals surface area contributed by atoms with Crippen molar-refractivity contribution in [1.29, 1.82) is 0 Å². The zero-order valence-electron chi connectivity index (χ0n) is 14.2. The third kappa shape index (κ3) is 2.95. The van der Waals surface area contributed by atoms with Crippen molar-refractivity contribution in [2.45, 2.75) is 25.3 Å². The second-order valence-electron chi connectivity index (χ2n) is 6.36. The molecule has 6 heteroatoms. The number of nitrogens with one attached hydrogen (secondary N) is 2. The molecular formula is C19H21N5O. The average molecular weight is 335 g/mol. The van der Waals surface area contributed by atoms with Crippen molar-refractivity contribution in [1.82, 2.24) is 19.9 Å². The fraction of sp³-hybridized carbons (Fsp3) is 0.316. The summed E-state index contributed by atoms with van der Waals surface area (Å²) >= 11 is 0. The van der Waals surface area contributed by atoms with Crippen LogP contribution in [0.1, 0.15) is 30.1 Å². The largest absolute Gasteiger partial charge is 0.372 e. The molecule has 3 aromatic rings. The lowest BCUT2D eigenvalue weighted by Gasteiger charge is -2.24. The van der Waals surface area contributed by atoms with Gasteiger partial charge >= 0.3 is 0 Å². The van der Waals surface area contributed by atoms with Crippen LogP contribution in [-0.4, -0.2) is 39.4 Å². The molecule has 0 aliphatic carbocycles. The Morgan fingerprint density at radius 2 is 2.24 bits per heavy atom. The first-order valence-corrected chi connectivity index (χ1v) is 8.60. The lowest BCUT2D eigenvalue weighted by Crippen LogP contribution is -2.32. The number of fused-ring (bicyclic) bond motifs is 1. The summed E-state index contributed by atoms with van der Waals surface area (Å²) in [6, 6.07) is 8.09. The van der Waals surface area contributed by atoms with E-state index >= 15 is 0 Å². The van der Waals surface area contributed by atoms with Gasteiger partial charge in [0, 0.05) is 30.7 Å². The minimum Gasteiger partial charge on any atom is -0.372 e. The molecule has 1 fully saturated rings. The van der Waals surface area contributed by atoms with E-state index in [1.807, 2.05) is 36.3 Å². The van der Waals surface area contributed by atoms with Gasteiger partial charge in [-0.2, -0.15) is 0 Å². The fourth-order valence-corrected chi connectivity index (χ4v) is 3.58. The lowest BCUT2D eigenvalue weighted by molar-refractivity contribution is -0.131. The number of aromatic amines is 1. The van der Waals surface area contributed by atoms with E-state index in [-0.39, 0.29) is 11.9 Å².